The SMILES string of the molecule is CN1CCC(NC(=O)c2ccc(Cl)nn2)C1. The van der Waals surface area contributed by atoms with E-state index in [-0.39, 0.29) is 17.1 Å². The maximum absolute atomic E-state index is 11.7. The second kappa shape index (κ2) is 4.76. The first-order valence-electron chi connectivity index (χ1n) is 5.14. The Labute approximate surface area is 98.8 Å². The molecule has 2 rings (SSSR count). The maximum Gasteiger partial charge on any atom is 0.272 e. The molecule has 1 N–H and O–H groups in total. The van der Waals surface area contributed by atoms with Crippen LogP contribution in [0.15, 0.2) is 12.1 Å². The van der Waals surface area contributed by atoms with Gasteiger partial charge in [0, 0.05) is 12.6 Å². The zero-order chi connectivity index (χ0) is 11.5. The first-order chi connectivity index (χ1) is 7.65. The zero-order valence-corrected chi connectivity index (χ0v) is 9.74. The Morgan fingerprint density at radius 1 is 1.56 bits per heavy atom. The summed E-state index contributed by atoms with van der Waals surface area (Å²) in [4.78, 5) is 13.9. The van der Waals surface area contributed by atoms with Crippen LogP contribution in [0.1, 0.15) is 16.9 Å². The summed E-state index contributed by atoms with van der Waals surface area (Å²) in [7, 11) is 2.04. The fraction of sp³-hybridized carbons (Fsp3) is 0.500. The lowest BCUT2D eigenvalue weighted by atomic mass is 10.2. The Balaban J connectivity index is 1.95. The molecule has 0 bridgehead atoms. The number of carbonyl (C=O) groups excluding carboxylic acids is 1. The molecule has 1 aromatic heterocycles. The molecule has 0 aromatic carbocycles. The molecule has 1 aromatic rings. The summed E-state index contributed by atoms with van der Waals surface area (Å²) < 4.78 is 0. The van der Waals surface area contributed by atoms with Gasteiger partial charge in [-0.3, -0.25) is 4.79 Å². The number of hydrogen-bond donors (Lipinski definition) is 1. The zero-order valence-electron chi connectivity index (χ0n) is 8.98. The van der Waals surface area contributed by atoms with Crippen LogP contribution in [0.5, 0.6) is 0 Å². The molecule has 16 heavy (non-hydrogen) atoms. The summed E-state index contributed by atoms with van der Waals surface area (Å²) in [5.74, 6) is -0.190. The van der Waals surface area contributed by atoms with Crippen LogP contribution in [0.4, 0.5) is 0 Å². The molecule has 6 heteroatoms. The molecule has 0 spiro atoms. The van der Waals surface area contributed by atoms with Crippen LogP contribution in [-0.2, 0) is 0 Å². The molecule has 1 aliphatic heterocycles. The van der Waals surface area contributed by atoms with Crippen molar-refractivity contribution >= 4 is 17.5 Å². The van der Waals surface area contributed by atoms with Gasteiger partial charge in [-0.25, -0.2) is 0 Å². The fourth-order valence-electron chi connectivity index (χ4n) is 1.75. The van der Waals surface area contributed by atoms with Gasteiger partial charge in [-0.05, 0) is 32.1 Å². The first kappa shape index (κ1) is 11.3. The molecule has 0 saturated carbocycles. The van der Waals surface area contributed by atoms with E-state index in [1.165, 1.54) is 0 Å². The molecular formula is C10H13ClN4O. The molecule has 1 saturated heterocycles. The standard InChI is InChI=1S/C10H13ClN4O/c1-15-5-4-7(6-15)12-10(16)8-2-3-9(11)14-13-8/h2-3,7H,4-6H2,1H3,(H,12,16). The van der Waals surface area contributed by atoms with Gasteiger partial charge in [0.25, 0.3) is 5.91 Å². The third kappa shape index (κ3) is 2.68. The van der Waals surface area contributed by atoms with Gasteiger partial charge in [-0.15, -0.1) is 10.2 Å². The molecule has 0 radical (unpaired) electrons. The highest BCUT2D eigenvalue weighted by Gasteiger charge is 2.21. The lowest BCUT2D eigenvalue weighted by Crippen LogP contribution is -2.36. The average molecular weight is 241 g/mol. The third-order valence-electron chi connectivity index (χ3n) is 2.59. The molecule has 1 unspecified atom stereocenters. The highest BCUT2D eigenvalue weighted by atomic mass is 35.5. The summed E-state index contributed by atoms with van der Waals surface area (Å²) in [6.07, 6.45) is 0.975. The number of amides is 1. The summed E-state index contributed by atoms with van der Waals surface area (Å²) in [6, 6.07) is 3.34. The van der Waals surface area contributed by atoms with Crippen LogP contribution >= 0.6 is 11.6 Å². The largest absolute Gasteiger partial charge is 0.347 e. The van der Waals surface area contributed by atoms with E-state index in [4.69, 9.17) is 11.6 Å². The number of nitrogens with one attached hydrogen (secondary N) is 1. The van der Waals surface area contributed by atoms with Crippen LogP contribution in [0.3, 0.4) is 0 Å². The summed E-state index contributed by atoms with van der Waals surface area (Å²) in [6.45, 7) is 1.89. The Morgan fingerprint density at radius 2 is 2.38 bits per heavy atom. The van der Waals surface area contributed by atoms with Gasteiger partial charge in [0.15, 0.2) is 10.8 Å². The van der Waals surface area contributed by atoms with Gasteiger partial charge in [0.2, 0.25) is 0 Å². The van der Waals surface area contributed by atoms with Gasteiger partial charge < -0.3 is 10.2 Å². The second-order valence-corrected chi connectivity index (χ2v) is 4.35. The van der Waals surface area contributed by atoms with E-state index in [1.54, 1.807) is 12.1 Å². The molecule has 1 amide bonds. The average Bonchev–Trinajstić information content (AvgIpc) is 2.65. The lowest BCUT2D eigenvalue weighted by molar-refractivity contribution is 0.0932. The van der Waals surface area contributed by atoms with Crippen LogP contribution < -0.4 is 5.32 Å². The van der Waals surface area contributed by atoms with Gasteiger partial charge in [0.1, 0.15) is 0 Å². The van der Waals surface area contributed by atoms with Gasteiger partial charge in [0.05, 0.1) is 0 Å². The van der Waals surface area contributed by atoms with Crippen LogP contribution in [0.25, 0.3) is 0 Å². The van der Waals surface area contributed by atoms with Crippen LogP contribution in [0, 0.1) is 0 Å². The molecule has 1 fully saturated rings. The number of halogens is 1. The van der Waals surface area contributed by atoms with E-state index in [0.29, 0.717) is 5.69 Å². The summed E-state index contributed by atoms with van der Waals surface area (Å²) in [5.41, 5.74) is 0.305. The van der Waals surface area contributed by atoms with Crippen molar-refractivity contribution in [1.82, 2.24) is 20.4 Å². The van der Waals surface area contributed by atoms with E-state index < -0.39 is 0 Å². The van der Waals surface area contributed by atoms with E-state index in [2.05, 4.69) is 20.4 Å². The predicted octanol–water partition coefficient (Wildman–Crippen LogP) is 0.564. The minimum Gasteiger partial charge on any atom is -0.347 e. The predicted molar refractivity (Wildman–Crippen MR) is 60.4 cm³/mol. The molecule has 2 heterocycles. The quantitative estimate of drug-likeness (QED) is 0.821. The van der Waals surface area contributed by atoms with Crippen LogP contribution in [0.2, 0.25) is 5.15 Å². The Morgan fingerprint density at radius 3 is 2.94 bits per heavy atom. The monoisotopic (exact) mass is 240 g/mol. The summed E-state index contributed by atoms with van der Waals surface area (Å²) >= 11 is 5.59. The van der Waals surface area contributed by atoms with Crippen molar-refractivity contribution in [2.45, 2.75) is 12.5 Å². The number of rotatable bonds is 2. The second-order valence-electron chi connectivity index (χ2n) is 3.96. The molecule has 0 aliphatic carbocycles. The first-order valence-corrected chi connectivity index (χ1v) is 5.51. The molecule has 5 nitrogen and oxygen atoms in total. The smallest absolute Gasteiger partial charge is 0.272 e. The molecule has 1 atom stereocenters. The highest BCUT2D eigenvalue weighted by molar-refractivity contribution is 6.29. The number of likely N-dealkylation sites (tertiary alicyclic amines) is 1. The molecule has 86 valence electrons. The minimum absolute atomic E-state index is 0.190. The highest BCUT2D eigenvalue weighted by Crippen LogP contribution is 2.07. The van der Waals surface area contributed by atoms with Crippen molar-refractivity contribution < 1.29 is 4.79 Å². The Bertz CT molecular complexity index is 381. The van der Waals surface area contributed by atoms with E-state index in [1.807, 2.05) is 7.05 Å². The normalized spacial score (nSPS) is 21.0. The van der Waals surface area contributed by atoms with Gasteiger partial charge >= 0.3 is 0 Å². The Kier molecular flexibility index (Phi) is 3.36. The maximum atomic E-state index is 11.7. The number of carbonyl (C=O) groups is 1. The van der Waals surface area contributed by atoms with Crippen molar-refractivity contribution in [3.8, 4) is 0 Å². The van der Waals surface area contributed by atoms with Gasteiger partial charge in [-0.2, -0.15) is 0 Å². The van der Waals surface area contributed by atoms with E-state index in [0.717, 1.165) is 19.5 Å². The lowest BCUT2D eigenvalue weighted by Gasteiger charge is -2.11. The minimum atomic E-state index is -0.190. The van der Waals surface area contributed by atoms with Gasteiger partial charge in [-0.1, -0.05) is 11.6 Å². The van der Waals surface area contributed by atoms with Crippen molar-refractivity contribution in [1.29, 1.82) is 0 Å². The Hall–Kier alpha value is -1.20. The van der Waals surface area contributed by atoms with Crippen LogP contribution in [-0.4, -0.2) is 47.2 Å². The fourth-order valence-corrected chi connectivity index (χ4v) is 1.85. The topological polar surface area (TPSA) is 58.1 Å². The summed E-state index contributed by atoms with van der Waals surface area (Å²) in [5, 5.41) is 10.6. The van der Waals surface area contributed by atoms with Crippen molar-refractivity contribution in [2.75, 3.05) is 20.1 Å². The number of likely N-dealkylation sites (N-methyl/N-ethyl adjacent to an activating group) is 1. The van der Waals surface area contributed by atoms with Crippen molar-refractivity contribution in [2.24, 2.45) is 0 Å². The van der Waals surface area contributed by atoms with E-state index >= 15 is 0 Å². The molecule has 1 aliphatic rings. The number of hydrogen-bond acceptors (Lipinski definition) is 4. The number of aromatic nitrogens is 2. The molecular weight excluding hydrogens is 228 g/mol. The van der Waals surface area contributed by atoms with E-state index in [9.17, 15) is 4.79 Å². The third-order valence-corrected chi connectivity index (χ3v) is 2.79. The van der Waals surface area contributed by atoms with Crippen molar-refractivity contribution in [3.63, 3.8) is 0 Å². The number of nitrogens with zero attached hydrogens (tertiary/aromatic N) is 3. The van der Waals surface area contributed by atoms with Crippen molar-refractivity contribution in [3.05, 3.63) is 23.0 Å².